The molecule has 1 aliphatic heterocycles. The van der Waals surface area contributed by atoms with Gasteiger partial charge in [0.25, 0.3) is 0 Å². The molecule has 68 valence electrons. The van der Waals surface area contributed by atoms with E-state index in [0.29, 0.717) is 6.04 Å². The summed E-state index contributed by atoms with van der Waals surface area (Å²) in [5, 5.41) is 0. The van der Waals surface area contributed by atoms with Crippen LogP contribution in [0.2, 0.25) is 0 Å². The van der Waals surface area contributed by atoms with E-state index in [1.165, 1.54) is 19.3 Å². The van der Waals surface area contributed by atoms with Gasteiger partial charge in [0, 0.05) is 12.3 Å². The molecule has 2 N–H and O–H groups in total. The normalized spacial score (nSPS) is 27.8. The van der Waals surface area contributed by atoms with E-state index < -0.39 is 0 Å². The van der Waals surface area contributed by atoms with Crippen LogP contribution in [0.25, 0.3) is 0 Å². The summed E-state index contributed by atoms with van der Waals surface area (Å²) in [6.07, 6.45) is 10.8. The monoisotopic (exact) mass is 166 g/mol. The maximum absolute atomic E-state index is 5.86. The Kier molecular flexibility index (Phi) is 4.01. The van der Waals surface area contributed by atoms with Gasteiger partial charge < -0.3 is 5.73 Å². The van der Waals surface area contributed by atoms with Crippen molar-refractivity contribution in [3.63, 3.8) is 0 Å². The molecule has 0 aromatic heterocycles. The molecule has 2 atom stereocenters. The van der Waals surface area contributed by atoms with Crippen molar-refractivity contribution in [2.24, 2.45) is 10.7 Å². The lowest BCUT2D eigenvalue weighted by Crippen LogP contribution is -2.33. The summed E-state index contributed by atoms with van der Waals surface area (Å²) in [7, 11) is 0. The van der Waals surface area contributed by atoms with Gasteiger partial charge >= 0.3 is 0 Å². The number of hydrogen-bond acceptors (Lipinski definition) is 2. The maximum atomic E-state index is 5.86. The highest BCUT2D eigenvalue weighted by Crippen LogP contribution is 2.11. The molecular weight excluding hydrogens is 148 g/mol. The van der Waals surface area contributed by atoms with Gasteiger partial charge in [0.15, 0.2) is 0 Å². The fourth-order valence-corrected chi connectivity index (χ4v) is 1.44. The summed E-state index contributed by atoms with van der Waals surface area (Å²) in [5.41, 5.74) is 5.86. The first-order valence-corrected chi connectivity index (χ1v) is 4.80. The first-order valence-electron chi connectivity index (χ1n) is 4.80. The van der Waals surface area contributed by atoms with Crippen LogP contribution in [0.5, 0.6) is 0 Å². The summed E-state index contributed by atoms with van der Waals surface area (Å²) in [6.45, 7) is 2.21. The Bertz CT molecular complexity index is 173. The van der Waals surface area contributed by atoms with Crippen LogP contribution in [-0.4, -0.2) is 18.3 Å². The van der Waals surface area contributed by atoms with E-state index in [0.717, 1.165) is 6.42 Å². The van der Waals surface area contributed by atoms with Crippen LogP contribution < -0.4 is 5.73 Å². The number of aliphatic imine (C=N–C) groups is 1. The summed E-state index contributed by atoms with van der Waals surface area (Å²) < 4.78 is 0. The predicted molar refractivity (Wildman–Crippen MR) is 53.5 cm³/mol. The Hall–Kier alpha value is -0.630. The molecule has 0 aliphatic carbocycles. The number of nitrogens with two attached hydrogens (primary N) is 1. The highest BCUT2D eigenvalue weighted by atomic mass is 14.9. The fourth-order valence-electron chi connectivity index (χ4n) is 1.44. The molecule has 0 saturated heterocycles. The average Bonchev–Trinajstić information content (AvgIpc) is 2.09. The second kappa shape index (κ2) is 5.09. The molecular formula is C10H18N2. The number of hydrogen-bond donors (Lipinski definition) is 1. The third-order valence-electron chi connectivity index (χ3n) is 2.24. The van der Waals surface area contributed by atoms with Crippen molar-refractivity contribution in [2.45, 2.75) is 44.7 Å². The molecule has 2 nitrogen and oxygen atoms in total. The van der Waals surface area contributed by atoms with Crippen molar-refractivity contribution in [1.82, 2.24) is 0 Å². The van der Waals surface area contributed by atoms with Crippen LogP contribution in [-0.2, 0) is 0 Å². The van der Waals surface area contributed by atoms with Crippen LogP contribution in [0.3, 0.4) is 0 Å². The van der Waals surface area contributed by atoms with E-state index in [1.54, 1.807) is 0 Å². The van der Waals surface area contributed by atoms with Crippen LogP contribution >= 0.6 is 0 Å². The summed E-state index contributed by atoms with van der Waals surface area (Å²) in [5.74, 6) is 0. The SMILES string of the molecule is CCCCCC1N=CC=CC1N. The minimum absolute atomic E-state index is 0.145. The number of dihydropyridines is 1. The molecule has 0 radical (unpaired) electrons. The lowest BCUT2D eigenvalue weighted by Gasteiger charge is -2.19. The second-order valence-electron chi connectivity index (χ2n) is 3.32. The molecule has 12 heavy (non-hydrogen) atoms. The van der Waals surface area contributed by atoms with E-state index in [4.69, 9.17) is 5.73 Å². The standard InChI is InChI=1S/C10H18N2/c1-2-3-4-7-10-9(11)6-5-8-12-10/h5-6,8-10H,2-4,7,11H2,1H3. The molecule has 1 aliphatic rings. The molecule has 1 heterocycles. The lowest BCUT2D eigenvalue weighted by molar-refractivity contribution is 0.521. The van der Waals surface area contributed by atoms with Crippen molar-refractivity contribution in [3.05, 3.63) is 12.2 Å². The van der Waals surface area contributed by atoms with Crippen molar-refractivity contribution >= 4 is 6.21 Å². The number of rotatable bonds is 4. The van der Waals surface area contributed by atoms with Gasteiger partial charge in [-0.25, -0.2) is 0 Å². The third kappa shape index (κ3) is 2.78. The fraction of sp³-hybridized carbons (Fsp3) is 0.700. The minimum atomic E-state index is 0.145. The zero-order chi connectivity index (χ0) is 8.81. The van der Waals surface area contributed by atoms with Crippen molar-refractivity contribution in [2.75, 3.05) is 0 Å². The number of unbranched alkanes of at least 4 members (excludes halogenated alkanes) is 2. The third-order valence-corrected chi connectivity index (χ3v) is 2.24. The second-order valence-corrected chi connectivity index (χ2v) is 3.32. The molecule has 0 spiro atoms. The summed E-state index contributed by atoms with van der Waals surface area (Å²) >= 11 is 0. The topological polar surface area (TPSA) is 38.4 Å². The van der Waals surface area contributed by atoms with E-state index in [2.05, 4.69) is 11.9 Å². The van der Waals surface area contributed by atoms with Crippen LogP contribution in [0.15, 0.2) is 17.1 Å². The van der Waals surface area contributed by atoms with Gasteiger partial charge in [-0.3, -0.25) is 4.99 Å². The quantitative estimate of drug-likeness (QED) is 0.636. The van der Waals surface area contributed by atoms with Gasteiger partial charge in [0.2, 0.25) is 0 Å². The zero-order valence-electron chi connectivity index (χ0n) is 7.74. The Balaban J connectivity index is 2.23. The summed E-state index contributed by atoms with van der Waals surface area (Å²) in [4.78, 5) is 4.35. The Labute approximate surface area is 74.6 Å². The largest absolute Gasteiger partial charge is 0.323 e. The number of allylic oxidation sites excluding steroid dienone is 1. The Morgan fingerprint density at radius 3 is 2.92 bits per heavy atom. The molecule has 0 amide bonds. The Morgan fingerprint density at radius 2 is 2.25 bits per heavy atom. The van der Waals surface area contributed by atoms with E-state index >= 15 is 0 Å². The van der Waals surface area contributed by atoms with E-state index in [1.807, 2.05) is 18.4 Å². The minimum Gasteiger partial charge on any atom is -0.323 e. The van der Waals surface area contributed by atoms with Crippen LogP contribution in [0, 0.1) is 0 Å². The zero-order valence-corrected chi connectivity index (χ0v) is 7.74. The molecule has 2 heteroatoms. The lowest BCUT2D eigenvalue weighted by atomic mass is 10.0. The molecule has 2 unspecified atom stereocenters. The molecule has 0 saturated carbocycles. The van der Waals surface area contributed by atoms with Crippen molar-refractivity contribution in [1.29, 1.82) is 0 Å². The van der Waals surface area contributed by atoms with Gasteiger partial charge in [0.05, 0.1) is 6.04 Å². The van der Waals surface area contributed by atoms with Gasteiger partial charge in [0.1, 0.15) is 0 Å². The molecule has 0 fully saturated rings. The molecule has 1 rings (SSSR count). The van der Waals surface area contributed by atoms with Gasteiger partial charge in [-0.05, 0) is 12.5 Å². The molecule has 0 bridgehead atoms. The average molecular weight is 166 g/mol. The van der Waals surface area contributed by atoms with Crippen LogP contribution in [0.4, 0.5) is 0 Å². The van der Waals surface area contributed by atoms with Crippen molar-refractivity contribution < 1.29 is 0 Å². The maximum Gasteiger partial charge on any atom is 0.0686 e. The molecule has 0 aromatic rings. The smallest absolute Gasteiger partial charge is 0.0686 e. The predicted octanol–water partition coefficient (Wildman–Crippen LogP) is 1.90. The first kappa shape index (κ1) is 9.46. The Morgan fingerprint density at radius 1 is 1.42 bits per heavy atom. The van der Waals surface area contributed by atoms with E-state index in [9.17, 15) is 0 Å². The number of nitrogens with zero attached hydrogens (tertiary/aromatic N) is 1. The van der Waals surface area contributed by atoms with Crippen molar-refractivity contribution in [3.8, 4) is 0 Å². The van der Waals surface area contributed by atoms with E-state index in [-0.39, 0.29) is 6.04 Å². The molecule has 0 aromatic carbocycles. The first-order chi connectivity index (χ1) is 5.84. The highest BCUT2D eigenvalue weighted by molar-refractivity contribution is 5.72. The van der Waals surface area contributed by atoms with Gasteiger partial charge in [-0.15, -0.1) is 0 Å². The van der Waals surface area contributed by atoms with Crippen LogP contribution in [0.1, 0.15) is 32.6 Å². The summed E-state index contributed by atoms with van der Waals surface area (Å²) in [6, 6.07) is 0.480. The van der Waals surface area contributed by atoms with Gasteiger partial charge in [-0.1, -0.05) is 32.3 Å². The van der Waals surface area contributed by atoms with Gasteiger partial charge in [-0.2, -0.15) is 0 Å². The highest BCUT2D eigenvalue weighted by Gasteiger charge is 2.14.